The van der Waals surface area contributed by atoms with Crippen LogP contribution in [-0.2, 0) is 19.6 Å². The van der Waals surface area contributed by atoms with Crippen LogP contribution >= 0.6 is 0 Å². The van der Waals surface area contributed by atoms with E-state index in [0.29, 0.717) is 46.6 Å². The molecule has 1 aliphatic heterocycles. The Balaban J connectivity index is 1.66. The van der Waals surface area contributed by atoms with Gasteiger partial charge in [0.25, 0.3) is 0 Å². The van der Waals surface area contributed by atoms with Crippen molar-refractivity contribution in [3.8, 4) is 11.3 Å². The van der Waals surface area contributed by atoms with Crippen LogP contribution in [0.1, 0.15) is 29.6 Å². The molecule has 5 rings (SSSR count). The van der Waals surface area contributed by atoms with Crippen LogP contribution in [-0.4, -0.2) is 49.7 Å². The van der Waals surface area contributed by atoms with E-state index in [0.717, 1.165) is 12.8 Å². The van der Waals surface area contributed by atoms with E-state index < -0.39 is 16.0 Å². The van der Waals surface area contributed by atoms with Crippen molar-refractivity contribution < 1.29 is 22.7 Å². The molecule has 2 N–H and O–H groups in total. The van der Waals surface area contributed by atoms with Crippen molar-refractivity contribution in [3.63, 3.8) is 0 Å². The van der Waals surface area contributed by atoms with E-state index in [1.807, 2.05) is 12.1 Å². The molecule has 0 atom stereocenters. The molecular formula is C22H22N4O5S. The van der Waals surface area contributed by atoms with Crippen LogP contribution < -0.4 is 9.62 Å². The number of para-hydroxylation sites is 1. The number of ether oxygens (including phenoxy) is 1. The Kier molecular flexibility index (Phi) is 4.89. The van der Waals surface area contributed by atoms with Crippen molar-refractivity contribution in [1.29, 1.82) is 0 Å². The summed E-state index contributed by atoms with van der Waals surface area (Å²) < 4.78 is 31.4. The summed E-state index contributed by atoms with van der Waals surface area (Å²) in [5, 5.41) is 3.37. The van der Waals surface area contributed by atoms with Gasteiger partial charge in [0.15, 0.2) is 5.82 Å². The van der Waals surface area contributed by atoms with Gasteiger partial charge in [0.05, 0.1) is 29.6 Å². The quantitative estimate of drug-likeness (QED) is 0.572. The molecule has 32 heavy (non-hydrogen) atoms. The molecule has 1 amide bonds. The first kappa shape index (κ1) is 20.5. The maximum Gasteiger partial charge on any atom is 0.340 e. The number of amides is 1. The SMILES string of the molecule is COC(=O)c1cnc(NC(=O)C2CC2)c2[nH]c(-c3ccccc3N3CCCS3(=O)=O)cc12. The minimum atomic E-state index is -3.38. The molecule has 0 bridgehead atoms. The number of pyridine rings is 1. The second-order valence-electron chi connectivity index (χ2n) is 8.01. The molecule has 1 aliphatic carbocycles. The summed E-state index contributed by atoms with van der Waals surface area (Å²) in [4.78, 5) is 32.2. The fourth-order valence-electron chi connectivity index (χ4n) is 4.02. The lowest BCUT2D eigenvalue weighted by Crippen LogP contribution is -2.25. The predicted octanol–water partition coefficient (Wildman–Crippen LogP) is 2.90. The number of aromatic nitrogens is 2. The molecule has 1 saturated carbocycles. The molecule has 1 aromatic carbocycles. The summed E-state index contributed by atoms with van der Waals surface area (Å²) >= 11 is 0. The lowest BCUT2D eigenvalue weighted by Gasteiger charge is -2.20. The van der Waals surface area contributed by atoms with Gasteiger partial charge in [-0.05, 0) is 31.4 Å². The molecule has 3 aromatic rings. The van der Waals surface area contributed by atoms with E-state index in [-0.39, 0.29) is 23.1 Å². The van der Waals surface area contributed by atoms with Gasteiger partial charge in [-0.25, -0.2) is 18.2 Å². The highest BCUT2D eigenvalue weighted by molar-refractivity contribution is 7.93. The van der Waals surface area contributed by atoms with E-state index in [9.17, 15) is 18.0 Å². The number of nitrogens with zero attached hydrogens (tertiary/aromatic N) is 2. The van der Waals surface area contributed by atoms with Crippen LogP contribution in [0.5, 0.6) is 0 Å². The number of H-pyrrole nitrogens is 1. The first-order chi connectivity index (χ1) is 15.4. The topological polar surface area (TPSA) is 121 Å². The minimum absolute atomic E-state index is 0.0114. The van der Waals surface area contributed by atoms with Crippen LogP contribution in [0.2, 0.25) is 0 Å². The second-order valence-corrected chi connectivity index (χ2v) is 10.0. The number of methoxy groups -OCH3 is 1. The zero-order valence-electron chi connectivity index (χ0n) is 17.4. The highest BCUT2D eigenvalue weighted by atomic mass is 32.2. The first-order valence-corrected chi connectivity index (χ1v) is 12.0. The highest BCUT2D eigenvalue weighted by Crippen LogP contribution is 2.38. The molecule has 0 radical (unpaired) electrons. The molecule has 10 heteroatoms. The van der Waals surface area contributed by atoms with Crippen LogP contribution in [0.3, 0.4) is 0 Å². The molecule has 3 heterocycles. The minimum Gasteiger partial charge on any atom is -0.465 e. The Labute approximate surface area is 184 Å². The standard InChI is InChI=1S/C22H22N4O5S/c1-31-22(28)16-12-23-20(25-21(27)13-7-8-13)19-15(16)11-17(24-19)14-5-2-3-6-18(14)26-9-4-10-32(26,29)30/h2-3,5-6,11-13,24H,4,7-10H2,1H3,(H,23,25,27). The van der Waals surface area contributed by atoms with Gasteiger partial charge in [0.1, 0.15) is 0 Å². The highest BCUT2D eigenvalue weighted by Gasteiger charge is 2.32. The second kappa shape index (κ2) is 7.63. The van der Waals surface area contributed by atoms with Crippen LogP contribution in [0.15, 0.2) is 36.5 Å². The van der Waals surface area contributed by atoms with Crippen molar-refractivity contribution in [2.24, 2.45) is 5.92 Å². The number of benzene rings is 1. The van der Waals surface area contributed by atoms with Crippen LogP contribution in [0.4, 0.5) is 11.5 Å². The van der Waals surface area contributed by atoms with Crippen molar-refractivity contribution in [2.75, 3.05) is 29.0 Å². The first-order valence-electron chi connectivity index (χ1n) is 10.4. The zero-order chi connectivity index (χ0) is 22.5. The average Bonchev–Trinajstić information content (AvgIpc) is 3.45. The third-order valence-electron chi connectivity index (χ3n) is 5.82. The Morgan fingerprint density at radius 2 is 2.03 bits per heavy atom. The Morgan fingerprint density at radius 1 is 1.25 bits per heavy atom. The summed E-state index contributed by atoms with van der Waals surface area (Å²) in [5.74, 6) is -0.237. The van der Waals surface area contributed by atoms with Gasteiger partial charge in [-0.2, -0.15) is 0 Å². The summed E-state index contributed by atoms with van der Waals surface area (Å²) in [7, 11) is -2.09. The van der Waals surface area contributed by atoms with Crippen molar-refractivity contribution in [2.45, 2.75) is 19.3 Å². The molecule has 2 fully saturated rings. The third-order valence-corrected chi connectivity index (χ3v) is 7.68. The average molecular weight is 455 g/mol. The number of aromatic amines is 1. The number of hydrogen-bond donors (Lipinski definition) is 2. The molecular weight excluding hydrogens is 432 g/mol. The van der Waals surface area contributed by atoms with Gasteiger partial charge < -0.3 is 15.0 Å². The number of rotatable bonds is 5. The fraction of sp³-hybridized carbons (Fsp3) is 0.318. The zero-order valence-corrected chi connectivity index (χ0v) is 18.2. The largest absolute Gasteiger partial charge is 0.465 e. The summed E-state index contributed by atoms with van der Waals surface area (Å²) in [6.45, 7) is 0.414. The number of carbonyl (C=O) groups excluding carboxylic acids is 2. The maximum absolute atomic E-state index is 12.5. The lowest BCUT2D eigenvalue weighted by atomic mass is 10.1. The number of esters is 1. The third kappa shape index (κ3) is 3.50. The van der Waals surface area contributed by atoms with Crippen LogP contribution in [0.25, 0.3) is 22.2 Å². The lowest BCUT2D eigenvalue weighted by molar-refractivity contribution is -0.117. The predicted molar refractivity (Wildman–Crippen MR) is 120 cm³/mol. The van der Waals surface area contributed by atoms with Gasteiger partial charge in [0, 0.05) is 35.3 Å². The Hall–Kier alpha value is -3.40. The molecule has 0 spiro atoms. The molecule has 2 aromatic heterocycles. The number of fused-ring (bicyclic) bond motifs is 1. The van der Waals surface area contributed by atoms with Crippen molar-refractivity contribution in [1.82, 2.24) is 9.97 Å². The van der Waals surface area contributed by atoms with Crippen molar-refractivity contribution in [3.05, 3.63) is 42.1 Å². The maximum atomic E-state index is 12.5. The van der Waals surface area contributed by atoms with Crippen molar-refractivity contribution >= 4 is 44.3 Å². The van der Waals surface area contributed by atoms with Gasteiger partial charge in [-0.15, -0.1) is 0 Å². The smallest absolute Gasteiger partial charge is 0.340 e. The number of sulfonamides is 1. The van der Waals surface area contributed by atoms with E-state index in [1.165, 1.54) is 17.6 Å². The molecule has 2 aliphatic rings. The van der Waals surface area contributed by atoms with Gasteiger partial charge in [0.2, 0.25) is 15.9 Å². The molecule has 9 nitrogen and oxygen atoms in total. The number of anilines is 2. The van der Waals surface area contributed by atoms with Gasteiger partial charge >= 0.3 is 5.97 Å². The monoisotopic (exact) mass is 454 g/mol. The molecule has 0 unspecified atom stereocenters. The molecule has 1 saturated heterocycles. The normalized spacial score (nSPS) is 17.5. The summed E-state index contributed by atoms with van der Waals surface area (Å²) in [6, 6.07) is 8.96. The number of carbonyl (C=O) groups is 2. The van der Waals surface area contributed by atoms with Gasteiger partial charge in [-0.3, -0.25) is 9.10 Å². The van der Waals surface area contributed by atoms with E-state index in [1.54, 1.807) is 18.2 Å². The summed E-state index contributed by atoms with van der Waals surface area (Å²) in [6.07, 6.45) is 3.65. The number of hydrogen-bond acceptors (Lipinski definition) is 6. The van der Waals surface area contributed by atoms with E-state index in [2.05, 4.69) is 15.3 Å². The summed E-state index contributed by atoms with van der Waals surface area (Å²) in [5.41, 5.74) is 2.58. The number of nitrogens with one attached hydrogen (secondary N) is 2. The van der Waals surface area contributed by atoms with E-state index >= 15 is 0 Å². The Morgan fingerprint density at radius 3 is 2.72 bits per heavy atom. The Bertz CT molecular complexity index is 1340. The van der Waals surface area contributed by atoms with E-state index in [4.69, 9.17) is 4.74 Å². The molecule has 166 valence electrons. The van der Waals surface area contributed by atoms with Crippen LogP contribution in [0, 0.1) is 5.92 Å². The fourth-order valence-corrected chi connectivity index (χ4v) is 5.60. The van der Waals surface area contributed by atoms with Gasteiger partial charge in [-0.1, -0.05) is 18.2 Å².